The van der Waals surface area contributed by atoms with Crippen LogP contribution in [-0.2, 0) is 4.79 Å². The first-order valence-electron chi connectivity index (χ1n) is 4.83. The van der Waals surface area contributed by atoms with Crippen molar-refractivity contribution in [1.29, 1.82) is 0 Å². The maximum atomic E-state index is 11.0. The van der Waals surface area contributed by atoms with Crippen LogP contribution in [0.4, 0.5) is 5.69 Å². The third-order valence-electron chi connectivity index (χ3n) is 2.08. The van der Waals surface area contributed by atoms with E-state index in [1.54, 1.807) is 18.8 Å². The van der Waals surface area contributed by atoms with Crippen LogP contribution in [0, 0.1) is 6.92 Å². The lowest BCUT2D eigenvalue weighted by Crippen LogP contribution is -2.17. The van der Waals surface area contributed by atoms with Crippen molar-refractivity contribution >= 4 is 23.4 Å². The number of carbonyl (C=O) groups excluding carboxylic acids is 1. The van der Waals surface area contributed by atoms with Gasteiger partial charge in [-0.15, -0.1) is 11.8 Å². The smallest absolute Gasteiger partial charge is 0.220 e. The first-order valence-corrected chi connectivity index (χ1v) is 5.81. The fourth-order valence-corrected chi connectivity index (χ4v) is 2.17. The van der Waals surface area contributed by atoms with Crippen molar-refractivity contribution in [2.24, 2.45) is 0 Å². The van der Waals surface area contributed by atoms with Crippen LogP contribution in [0.2, 0.25) is 0 Å². The van der Waals surface area contributed by atoms with Gasteiger partial charge in [0.2, 0.25) is 5.91 Å². The summed E-state index contributed by atoms with van der Waals surface area (Å²) in [5, 5.41) is 2.60. The van der Waals surface area contributed by atoms with Gasteiger partial charge < -0.3 is 11.1 Å². The molecular formula is C11H16N2OS. The Kier molecular flexibility index (Phi) is 4.49. The Morgan fingerprint density at radius 2 is 2.27 bits per heavy atom. The van der Waals surface area contributed by atoms with Gasteiger partial charge in [-0.05, 0) is 24.6 Å². The van der Waals surface area contributed by atoms with E-state index in [4.69, 9.17) is 5.73 Å². The minimum absolute atomic E-state index is 0.0732. The molecule has 1 aromatic carbocycles. The first-order chi connectivity index (χ1) is 7.13. The molecule has 0 spiro atoms. The summed E-state index contributed by atoms with van der Waals surface area (Å²) in [4.78, 5) is 12.2. The average molecular weight is 224 g/mol. The molecule has 0 bridgehead atoms. The molecule has 0 heterocycles. The molecule has 4 heteroatoms. The molecule has 0 radical (unpaired) electrons. The lowest BCUT2D eigenvalue weighted by atomic mass is 10.2. The van der Waals surface area contributed by atoms with E-state index < -0.39 is 0 Å². The summed E-state index contributed by atoms with van der Waals surface area (Å²) in [5.41, 5.74) is 7.66. The standard InChI is InChI=1S/C11H16N2OS/c1-8-3-4-9(12)7-10(8)15-6-5-11(14)13-2/h3-4,7H,5-6,12H2,1-2H3,(H,13,14). The number of benzene rings is 1. The number of rotatable bonds is 4. The molecule has 0 aliphatic heterocycles. The molecule has 1 amide bonds. The SMILES string of the molecule is CNC(=O)CCSc1cc(N)ccc1C. The number of carbonyl (C=O) groups is 1. The molecule has 0 unspecified atom stereocenters. The maximum Gasteiger partial charge on any atom is 0.220 e. The molecule has 82 valence electrons. The number of nitrogens with one attached hydrogen (secondary N) is 1. The van der Waals surface area contributed by atoms with Gasteiger partial charge in [0.25, 0.3) is 0 Å². The summed E-state index contributed by atoms with van der Waals surface area (Å²) in [7, 11) is 1.65. The first kappa shape index (κ1) is 11.9. The highest BCUT2D eigenvalue weighted by Crippen LogP contribution is 2.24. The van der Waals surface area contributed by atoms with Crippen LogP contribution in [-0.4, -0.2) is 18.7 Å². The number of nitrogen functional groups attached to an aromatic ring is 1. The highest BCUT2D eigenvalue weighted by molar-refractivity contribution is 7.99. The minimum Gasteiger partial charge on any atom is -0.399 e. The van der Waals surface area contributed by atoms with E-state index in [1.165, 1.54) is 5.56 Å². The number of aryl methyl sites for hydroxylation is 1. The van der Waals surface area contributed by atoms with Crippen LogP contribution in [0.15, 0.2) is 23.1 Å². The lowest BCUT2D eigenvalue weighted by molar-refractivity contribution is -0.120. The van der Waals surface area contributed by atoms with E-state index in [9.17, 15) is 4.79 Å². The Balaban J connectivity index is 2.50. The number of nitrogens with two attached hydrogens (primary N) is 1. The van der Waals surface area contributed by atoms with Gasteiger partial charge in [-0.1, -0.05) is 6.07 Å². The predicted molar refractivity (Wildman–Crippen MR) is 65.0 cm³/mol. The fourth-order valence-electron chi connectivity index (χ4n) is 1.15. The topological polar surface area (TPSA) is 55.1 Å². The van der Waals surface area contributed by atoms with Crippen molar-refractivity contribution in [2.45, 2.75) is 18.2 Å². The third-order valence-corrected chi connectivity index (χ3v) is 3.24. The Morgan fingerprint density at radius 1 is 1.53 bits per heavy atom. The summed E-state index contributed by atoms with van der Waals surface area (Å²) in [6.45, 7) is 2.04. The van der Waals surface area contributed by atoms with Gasteiger partial charge in [0.15, 0.2) is 0 Å². The minimum atomic E-state index is 0.0732. The van der Waals surface area contributed by atoms with E-state index in [-0.39, 0.29) is 5.91 Å². The normalized spacial score (nSPS) is 10.0. The number of hydrogen-bond donors (Lipinski definition) is 2. The fraction of sp³-hybridized carbons (Fsp3) is 0.364. The third kappa shape index (κ3) is 3.83. The summed E-state index contributed by atoms with van der Waals surface area (Å²) >= 11 is 1.66. The van der Waals surface area contributed by atoms with Crippen molar-refractivity contribution in [3.05, 3.63) is 23.8 Å². The Morgan fingerprint density at radius 3 is 2.93 bits per heavy atom. The van der Waals surface area contributed by atoms with Crippen molar-refractivity contribution in [3.8, 4) is 0 Å². The molecule has 0 fully saturated rings. The van der Waals surface area contributed by atoms with Gasteiger partial charge in [0.05, 0.1) is 0 Å². The van der Waals surface area contributed by atoms with E-state index in [0.717, 1.165) is 16.3 Å². The number of amides is 1. The molecule has 3 nitrogen and oxygen atoms in total. The summed E-state index contributed by atoms with van der Waals surface area (Å²) in [6.07, 6.45) is 0.537. The Bertz CT molecular complexity index is 352. The second kappa shape index (κ2) is 5.66. The van der Waals surface area contributed by atoms with Crippen molar-refractivity contribution in [1.82, 2.24) is 5.32 Å². The van der Waals surface area contributed by atoms with Crippen LogP contribution < -0.4 is 11.1 Å². The van der Waals surface area contributed by atoms with Crippen LogP contribution in [0.3, 0.4) is 0 Å². The van der Waals surface area contributed by atoms with Gasteiger partial charge in [0.1, 0.15) is 0 Å². The van der Waals surface area contributed by atoms with Crippen molar-refractivity contribution < 1.29 is 4.79 Å². The van der Waals surface area contributed by atoms with Gasteiger partial charge in [-0.2, -0.15) is 0 Å². The Hall–Kier alpha value is -1.16. The van der Waals surface area contributed by atoms with Gasteiger partial charge in [-0.3, -0.25) is 4.79 Å². The molecule has 0 saturated heterocycles. The molecule has 0 aromatic heterocycles. The zero-order valence-corrected chi connectivity index (χ0v) is 9.86. The molecule has 15 heavy (non-hydrogen) atoms. The summed E-state index contributed by atoms with van der Waals surface area (Å²) in [5.74, 6) is 0.855. The van der Waals surface area contributed by atoms with Gasteiger partial charge in [0, 0.05) is 29.8 Å². The molecule has 0 atom stereocenters. The number of hydrogen-bond acceptors (Lipinski definition) is 3. The predicted octanol–water partition coefficient (Wildman–Crippen LogP) is 1.81. The molecule has 1 aromatic rings. The van der Waals surface area contributed by atoms with E-state index >= 15 is 0 Å². The quantitative estimate of drug-likeness (QED) is 0.606. The van der Waals surface area contributed by atoms with E-state index in [2.05, 4.69) is 5.32 Å². The van der Waals surface area contributed by atoms with Gasteiger partial charge in [-0.25, -0.2) is 0 Å². The summed E-state index contributed by atoms with van der Waals surface area (Å²) in [6, 6.07) is 5.83. The molecule has 0 aliphatic carbocycles. The molecule has 1 rings (SSSR count). The number of thioether (sulfide) groups is 1. The van der Waals surface area contributed by atoms with E-state index in [0.29, 0.717) is 6.42 Å². The molecular weight excluding hydrogens is 208 g/mol. The average Bonchev–Trinajstić information content (AvgIpc) is 2.23. The zero-order chi connectivity index (χ0) is 11.3. The second-order valence-corrected chi connectivity index (χ2v) is 4.43. The van der Waals surface area contributed by atoms with Crippen molar-refractivity contribution in [3.63, 3.8) is 0 Å². The van der Waals surface area contributed by atoms with Crippen molar-refractivity contribution in [2.75, 3.05) is 18.5 Å². The van der Waals surface area contributed by atoms with Crippen LogP contribution >= 0.6 is 11.8 Å². The Labute approximate surface area is 94.4 Å². The van der Waals surface area contributed by atoms with Crippen LogP contribution in [0.5, 0.6) is 0 Å². The molecule has 0 saturated carbocycles. The number of anilines is 1. The zero-order valence-electron chi connectivity index (χ0n) is 9.04. The second-order valence-electron chi connectivity index (χ2n) is 3.30. The monoisotopic (exact) mass is 224 g/mol. The van der Waals surface area contributed by atoms with Crippen LogP contribution in [0.1, 0.15) is 12.0 Å². The van der Waals surface area contributed by atoms with Crippen LogP contribution in [0.25, 0.3) is 0 Å². The molecule has 0 aliphatic rings. The maximum absolute atomic E-state index is 11.0. The highest BCUT2D eigenvalue weighted by Gasteiger charge is 2.02. The highest BCUT2D eigenvalue weighted by atomic mass is 32.2. The largest absolute Gasteiger partial charge is 0.399 e. The lowest BCUT2D eigenvalue weighted by Gasteiger charge is -2.06. The summed E-state index contributed by atoms with van der Waals surface area (Å²) < 4.78 is 0. The van der Waals surface area contributed by atoms with E-state index in [1.807, 2.05) is 25.1 Å². The molecule has 3 N–H and O–H groups in total. The van der Waals surface area contributed by atoms with Gasteiger partial charge >= 0.3 is 0 Å².